The number of ether oxygens (including phenoxy) is 1. The van der Waals surface area contributed by atoms with Gasteiger partial charge in [-0.2, -0.15) is 42.5 Å². The molecule has 0 atom stereocenters. The van der Waals surface area contributed by atoms with E-state index in [9.17, 15) is 0 Å². The van der Waals surface area contributed by atoms with Crippen LogP contribution in [-0.4, -0.2) is 4.57 Å². The van der Waals surface area contributed by atoms with Gasteiger partial charge in [0, 0.05) is 27.5 Å². The molecule has 0 saturated carbocycles. The van der Waals surface area contributed by atoms with E-state index in [1.807, 2.05) is 18.2 Å². The third-order valence-corrected chi connectivity index (χ3v) is 9.69. The van der Waals surface area contributed by atoms with Crippen LogP contribution in [0.4, 0.5) is 0 Å². The molecule has 8 aromatic rings. The van der Waals surface area contributed by atoms with E-state index in [4.69, 9.17) is 4.74 Å². The van der Waals surface area contributed by atoms with Gasteiger partial charge in [-0.05, 0) is 40.6 Å². The monoisotopic (exact) mass is 809 g/mol. The molecule has 0 unspecified atom stereocenters. The van der Waals surface area contributed by atoms with Crippen LogP contribution in [0.1, 0.15) is 22.3 Å². The van der Waals surface area contributed by atoms with E-state index in [1.54, 1.807) is 0 Å². The predicted molar refractivity (Wildman–Crippen MR) is 181 cm³/mol. The quantitative estimate of drug-likeness (QED) is 0.159. The van der Waals surface area contributed by atoms with Crippen molar-refractivity contribution in [3.63, 3.8) is 0 Å². The maximum absolute atomic E-state index is 6.57. The second-order valence-corrected chi connectivity index (χ2v) is 11.9. The molecular formula is C43H25NOU. The molecule has 1 aromatic heterocycles. The second kappa shape index (κ2) is 10.4. The zero-order valence-electron chi connectivity index (χ0n) is 24.8. The predicted octanol–water partition coefficient (Wildman–Crippen LogP) is 10.5. The van der Waals surface area contributed by atoms with Gasteiger partial charge in [0.25, 0.3) is 0 Å². The fraction of sp³-hybridized carbons (Fsp3) is 0.0233. The van der Waals surface area contributed by atoms with Crippen molar-refractivity contribution < 1.29 is 35.9 Å². The molecule has 0 bridgehead atoms. The second-order valence-electron chi connectivity index (χ2n) is 11.9. The van der Waals surface area contributed by atoms with Crippen LogP contribution in [-0.2, 0) is 5.41 Å². The van der Waals surface area contributed by atoms with Gasteiger partial charge in [-0.3, -0.25) is 0 Å². The largest absolute Gasteiger partial charge is 2.00 e. The maximum atomic E-state index is 6.57. The Morgan fingerprint density at radius 3 is 1.98 bits per heavy atom. The Morgan fingerprint density at radius 2 is 1.20 bits per heavy atom. The number of rotatable bonds is 2. The molecule has 1 spiro atoms. The molecule has 0 amide bonds. The van der Waals surface area contributed by atoms with E-state index >= 15 is 0 Å². The first kappa shape index (κ1) is 27.5. The third-order valence-electron chi connectivity index (χ3n) is 9.69. The fourth-order valence-electron chi connectivity index (χ4n) is 7.97. The first-order valence-corrected chi connectivity index (χ1v) is 15.4. The number of hydrogen-bond acceptors (Lipinski definition) is 1. The molecule has 0 radical (unpaired) electrons. The average molecular weight is 810 g/mol. The summed E-state index contributed by atoms with van der Waals surface area (Å²) < 4.78 is 9.02. The van der Waals surface area contributed by atoms with Gasteiger partial charge in [0.05, 0.1) is 16.4 Å². The van der Waals surface area contributed by atoms with Crippen molar-refractivity contribution in [1.29, 1.82) is 0 Å². The summed E-state index contributed by atoms with van der Waals surface area (Å²) in [6, 6.07) is 61.0. The summed E-state index contributed by atoms with van der Waals surface area (Å²) in [6.07, 6.45) is 0. The van der Waals surface area contributed by atoms with Crippen molar-refractivity contribution in [3.8, 4) is 39.4 Å². The van der Waals surface area contributed by atoms with Crippen molar-refractivity contribution in [1.82, 2.24) is 4.57 Å². The summed E-state index contributed by atoms with van der Waals surface area (Å²) in [5, 5.41) is 2.48. The number of hydrogen-bond donors (Lipinski definition) is 0. The molecule has 1 aliphatic heterocycles. The van der Waals surface area contributed by atoms with Crippen LogP contribution in [0.25, 0.3) is 49.7 Å². The molecule has 0 N–H and O–H groups in total. The van der Waals surface area contributed by atoms with Crippen LogP contribution in [0.3, 0.4) is 0 Å². The zero-order valence-corrected chi connectivity index (χ0v) is 29.0. The summed E-state index contributed by atoms with van der Waals surface area (Å²) in [6.45, 7) is 0. The van der Waals surface area contributed by atoms with Gasteiger partial charge in [0.1, 0.15) is 11.5 Å². The van der Waals surface area contributed by atoms with Crippen molar-refractivity contribution in [2.45, 2.75) is 5.41 Å². The standard InChI is InChI=1S/C43H25NO.U/c1-2-13-28(14-3-1)29-15-12-16-30(27-29)44-38-22-9-5-17-31(38)32-25-26-37-41(42(32)44)33-18-4-6-19-34(33)43(37)35-20-7-10-23-39(35)45-40-24-11-8-21-36(40)43;/h1-13,16-27H;/q-2;+2. The maximum Gasteiger partial charge on any atom is 2.00 e. The number of nitrogens with zero attached hydrogens (tertiary/aromatic N) is 1. The average Bonchev–Trinajstić information content (AvgIpc) is 3.60. The molecule has 2 nitrogen and oxygen atoms in total. The van der Waals surface area contributed by atoms with E-state index in [0.29, 0.717) is 0 Å². The minimum atomic E-state index is -0.512. The molecule has 7 aromatic carbocycles. The van der Waals surface area contributed by atoms with E-state index < -0.39 is 5.41 Å². The van der Waals surface area contributed by atoms with Crippen molar-refractivity contribution in [2.24, 2.45) is 0 Å². The van der Waals surface area contributed by atoms with Crippen molar-refractivity contribution in [2.75, 3.05) is 0 Å². The summed E-state index contributed by atoms with van der Waals surface area (Å²) in [5.74, 6) is 1.81. The van der Waals surface area contributed by atoms with E-state index in [2.05, 4.69) is 150 Å². The minimum Gasteiger partial charge on any atom is -0.457 e. The summed E-state index contributed by atoms with van der Waals surface area (Å²) in [4.78, 5) is 0. The van der Waals surface area contributed by atoms with Crippen LogP contribution >= 0.6 is 0 Å². The molecule has 3 heteroatoms. The van der Waals surface area contributed by atoms with Crippen LogP contribution in [0, 0.1) is 43.2 Å². The normalized spacial score (nSPS) is 13.4. The fourth-order valence-corrected chi connectivity index (χ4v) is 7.97. The molecular weight excluding hydrogens is 785 g/mol. The molecule has 46 heavy (non-hydrogen) atoms. The number of benzene rings is 7. The minimum absolute atomic E-state index is 0. The van der Waals surface area contributed by atoms with E-state index in [0.717, 1.165) is 28.3 Å². The molecule has 2 heterocycles. The first-order chi connectivity index (χ1) is 22.3. The Kier molecular flexibility index (Phi) is 6.19. The van der Waals surface area contributed by atoms with Gasteiger partial charge in [-0.1, -0.05) is 91.0 Å². The summed E-state index contributed by atoms with van der Waals surface area (Å²) in [5.41, 5.74) is 12.5. The summed E-state index contributed by atoms with van der Waals surface area (Å²) in [7, 11) is 0. The Bertz CT molecular complexity index is 2430. The van der Waals surface area contributed by atoms with Crippen LogP contribution < -0.4 is 4.74 Å². The van der Waals surface area contributed by atoms with Crippen molar-refractivity contribution in [3.05, 3.63) is 186 Å². The number of fused-ring (bicyclic) bond motifs is 13. The van der Waals surface area contributed by atoms with Gasteiger partial charge in [0.2, 0.25) is 0 Å². The van der Waals surface area contributed by atoms with Crippen LogP contribution in [0.15, 0.2) is 152 Å². The van der Waals surface area contributed by atoms with Crippen molar-refractivity contribution >= 4 is 21.8 Å². The Morgan fingerprint density at radius 1 is 0.522 bits per heavy atom. The van der Waals surface area contributed by atoms with Gasteiger partial charge >= 0.3 is 31.1 Å². The topological polar surface area (TPSA) is 14.2 Å². The Labute approximate surface area is 291 Å². The first-order valence-electron chi connectivity index (χ1n) is 15.4. The third kappa shape index (κ3) is 3.59. The van der Waals surface area contributed by atoms with Crippen LogP contribution in [0.5, 0.6) is 11.5 Å². The molecule has 0 fully saturated rings. The van der Waals surface area contributed by atoms with E-state index in [-0.39, 0.29) is 31.1 Å². The Balaban J connectivity index is 0.00000292. The Hall–Kier alpha value is -4.81. The van der Waals surface area contributed by atoms with Gasteiger partial charge < -0.3 is 9.30 Å². The molecule has 10 rings (SSSR count). The molecule has 212 valence electrons. The zero-order chi connectivity index (χ0) is 29.5. The smallest absolute Gasteiger partial charge is 0.457 e. The van der Waals surface area contributed by atoms with Gasteiger partial charge in [-0.25, -0.2) is 11.1 Å². The number of para-hydroxylation sites is 3. The summed E-state index contributed by atoms with van der Waals surface area (Å²) >= 11 is 0. The number of aromatic nitrogens is 1. The van der Waals surface area contributed by atoms with Gasteiger partial charge in [-0.15, -0.1) is 12.1 Å². The van der Waals surface area contributed by atoms with E-state index in [1.165, 1.54) is 55.2 Å². The SMILES string of the molecule is [U+2].[c-]1ccccc1-c1[c-]ccc(-n2c3ccccc3c3ccc4c(c32)-c2ccccc2C42c3ccccc3Oc3ccccc32)c1. The van der Waals surface area contributed by atoms with Crippen LogP contribution in [0.2, 0.25) is 0 Å². The van der Waals surface area contributed by atoms with Gasteiger partial charge in [0.15, 0.2) is 0 Å². The molecule has 0 saturated heterocycles. The molecule has 2 aliphatic rings. The molecule has 1 aliphatic carbocycles.